The smallest absolute Gasteiger partial charge is 0.0590 e. The number of hydrogen-bond acceptors (Lipinski definition) is 2. The molecule has 12 heavy (non-hydrogen) atoms. The van der Waals surface area contributed by atoms with E-state index in [9.17, 15) is 0 Å². The quantitative estimate of drug-likeness (QED) is 0.660. The molecule has 0 aliphatic rings. The molecule has 66 valence electrons. The van der Waals surface area contributed by atoms with E-state index in [0.29, 0.717) is 0 Å². The van der Waals surface area contributed by atoms with Gasteiger partial charge in [0.05, 0.1) is 6.54 Å². The number of aromatic nitrogens is 2. The van der Waals surface area contributed by atoms with Crippen LogP contribution in [0.15, 0.2) is 24.9 Å². The average molecular weight is 165 g/mol. The predicted molar refractivity (Wildman–Crippen MR) is 49.8 cm³/mol. The van der Waals surface area contributed by atoms with Crippen molar-refractivity contribution in [3.63, 3.8) is 0 Å². The van der Waals surface area contributed by atoms with E-state index in [1.54, 1.807) is 0 Å². The van der Waals surface area contributed by atoms with E-state index in [1.165, 1.54) is 5.69 Å². The third-order valence-corrected chi connectivity index (χ3v) is 1.74. The van der Waals surface area contributed by atoms with E-state index in [-0.39, 0.29) is 0 Å². The van der Waals surface area contributed by atoms with Crippen LogP contribution in [0, 0.1) is 0 Å². The first-order valence-electron chi connectivity index (χ1n) is 4.20. The minimum absolute atomic E-state index is 0.735. The third-order valence-electron chi connectivity index (χ3n) is 1.74. The molecule has 0 saturated carbocycles. The van der Waals surface area contributed by atoms with E-state index in [4.69, 9.17) is 5.73 Å². The van der Waals surface area contributed by atoms with Crippen molar-refractivity contribution >= 4 is 0 Å². The van der Waals surface area contributed by atoms with Gasteiger partial charge in [0.2, 0.25) is 0 Å². The summed E-state index contributed by atoms with van der Waals surface area (Å²) in [5.41, 5.74) is 6.66. The molecule has 0 saturated heterocycles. The molecule has 1 heterocycles. The van der Waals surface area contributed by atoms with Crippen LogP contribution in [0.3, 0.4) is 0 Å². The Balaban J connectivity index is 2.57. The fourth-order valence-corrected chi connectivity index (χ4v) is 1.14. The Morgan fingerprint density at radius 2 is 2.50 bits per heavy atom. The molecule has 0 atom stereocenters. The number of allylic oxidation sites excluding steroid dienone is 1. The van der Waals surface area contributed by atoms with Gasteiger partial charge in [0.25, 0.3) is 0 Å². The number of nitrogens with zero attached hydrogens (tertiary/aromatic N) is 2. The molecular weight excluding hydrogens is 150 g/mol. The molecular formula is C9H15N3. The molecule has 3 heteroatoms. The maximum Gasteiger partial charge on any atom is 0.0590 e. The lowest BCUT2D eigenvalue weighted by molar-refractivity contribution is 0.643. The summed E-state index contributed by atoms with van der Waals surface area (Å²) >= 11 is 0. The van der Waals surface area contributed by atoms with E-state index >= 15 is 0 Å². The maximum atomic E-state index is 5.42. The largest absolute Gasteiger partial charge is 0.330 e. The summed E-state index contributed by atoms with van der Waals surface area (Å²) < 4.78 is 1.95. The first kappa shape index (κ1) is 9.00. The Hall–Kier alpha value is -1.09. The highest BCUT2D eigenvalue weighted by atomic mass is 15.3. The summed E-state index contributed by atoms with van der Waals surface area (Å²) in [6, 6.07) is 2.03. The van der Waals surface area contributed by atoms with Gasteiger partial charge in [-0.3, -0.25) is 4.68 Å². The molecule has 0 radical (unpaired) electrons. The summed E-state index contributed by atoms with van der Waals surface area (Å²) in [6.07, 6.45) is 5.68. The Morgan fingerprint density at radius 1 is 1.67 bits per heavy atom. The van der Waals surface area contributed by atoms with Gasteiger partial charge in [-0.25, -0.2) is 0 Å². The highest BCUT2D eigenvalue weighted by Crippen LogP contribution is 2.01. The van der Waals surface area contributed by atoms with Gasteiger partial charge in [0.1, 0.15) is 0 Å². The zero-order valence-electron chi connectivity index (χ0n) is 7.24. The van der Waals surface area contributed by atoms with Crippen molar-refractivity contribution in [3.05, 3.63) is 30.6 Å². The SMILES string of the molecule is C=CCn1nccc1CCCN. The fourth-order valence-electron chi connectivity index (χ4n) is 1.14. The first-order valence-corrected chi connectivity index (χ1v) is 4.20. The lowest BCUT2D eigenvalue weighted by Crippen LogP contribution is -2.06. The lowest BCUT2D eigenvalue weighted by atomic mass is 10.2. The summed E-state index contributed by atoms with van der Waals surface area (Å²) in [5.74, 6) is 0. The standard InChI is InChI=1S/C9H15N3/c1-2-8-12-9(4-3-6-10)5-7-11-12/h2,5,7H,1,3-4,6,8,10H2. The van der Waals surface area contributed by atoms with Gasteiger partial charge in [-0.15, -0.1) is 6.58 Å². The van der Waals surface area contributed by atoms with E-state index in [1.807, 2.05) is 23.0 Å². The van der Waals surface area contributed by atoms with E-state index in [0.717, 1.165) is 25.9 Å². The van der Waals surface area contributed by atoms with Crippen molar-refractivity contribution in [2.45, 2.75) is 19.4 Å². The van der Waals surface area contributed by atoms with Gasteiger partial charge in [-0.1, -0.05) is 6.08 Å². The molecule has 0 fully saturated rings. The summed E-state index contributed by atoms with van der Waals surface area (Å²) in [7, 11) is 0. The van der Waals surface area contributed by atoms with Crippen LogP contribution < -0.4 is 5.73 Å². The van der Waals surface area contributed by atoms with Crippen LogP contribution in [0.25, 0.3) is 0 Å². The number of aryl methyl sites for hydroxylation is 1. The molecule has 1 aromatic rings. The molecule has 0 unspecified atom stereocenters. The van der Waals surface area contributed by atoms with Crippen LogP contribution in [0.1, 0.15) is 12.1 Å². The zero-order chi connectivity index (χ0) is 8.81. The third kappa shape index (κ3) is 2.20. The van der Waals surface area contributed by atoms with E-state index in [2.05, 4.69) is 11.7 Å². The minimum atomic E-state index is 0.735. The number of nitrogens with two attached hydrogens (primary N) is 1. The predicted octanol–water partition coefficient (Wildman–Crippen LogP) is 0.960. The zero-order valence-corrected chi connectivity index (χ0v) is 7.24. The van der Waals surface area contributed by atoms with Gasteiger partial charge >= 0.3 is 0 Å². The lowest BCUT2D eigenvalue weighted by Gasteiger charge is -2.02. The van der Waals surface area contributed by atoms with Crippen LogP contribution in [-0.2, 0) is 13.0 Å². The Morgan fingerprint density at radius 3 is 3.17 bits per heavy atom. The molecule has 1 aromatic heterocycles. The fraction of sp³-hybridized carbons (Fsp3) is 0.444. The second-order valence-electron chi connectivity index (χ2n) is 2.69. The van der Waals surface area contributed by atoms with Crippen LogP contribution in [0.2, 0.25) is 0 Å². The highest BCUT2D eigenvalue weighted by Gasteiger charge is 1.98. The molecule has 2 N–H and O–H groups in total. The van der Waals surface area contributed by atoms with E-state index < -0.39 is 0 Å². The Bertz CT molecular complexity index is 240. The molecule has 0 aromatic carbocycles. The molecule has 0 amide bonds. The van der Waals surface area contributed by atoms with Gasteiger partial charge in [-0.05, 0) is 25.5 Å². The monoisotopic (exact) mass is 165 g/mol. The second-order valence-corrected chi connectivity index (χ2v) is 2.69. The van der Waals surface area contributed by atoms with Gasteiger partial charge in [0.15, 0.2) is 0 Å². The van der Waals surface area contributed by atoms with Crippen molar-refractivity contribution in [1.29, 1.82) is 0 Å². The minimum Gasteiger partial charge on any atom is -0.330 e. The molecule has 0 aliphatic carbocycles. The van der Waals surface area contributed by atoms with Crippen LogP contribution in [-0.4, -0.2) is 16.3 Å². The molecule has 0 bridgehead atoms. The first-order chi connectivity index (χ1) is 5.88. The van der Waals surface area contributed by atoms with Crippen molar-refractivity contribution in [2.24, 2.45) is 5.73 Å². The van der Waals surface area contributed by atoms with Crippen LogP contribution in [0.4, 0.5) is 0 Å². The highest BCUT2D eigenvalue weighted by molar-refractivity contribution is 5.01. The summed E-state index contributed by atoms with van der Waals surface area (Å²) in [6.45, 7) is 5.19. The molecule has 0 aliphatic heterocycles. The molecule has 0 spiro atoms. The topological polar surface area (TPSA) is 43.8 Å². The van der Waals surface area contributed by atoms with Gasteiger partial charge in [0, 0.05) is 11.9 Å². The maximum absolute atomic E-state index is 5.42. The number of rotatable bonds is 5. The summed E-state index contributed by atoms with van der Waals surface area (Å²) in [5, 5.41) is 4.16. The van der Waals surface area contributed by atoms with Crippen molar-refractivity contribution < 1.29 is 0 Å². The summed E-state index contributed by atoms with van der Waals surface area (Å²) in [4.78, 5) is 0. The van der Waals surface area contributed by atoms with Crippen molar-refractivity contribution in [1.82, 2.24) is 9.78 Å². The van der Waals surface area contributed by atoms with Gasteiger partial charge < -0.3 is 5.73 Å². The van der Waals surface area contributed by atoms with Crippen molar-refractivity contribution in [2.75, 3.05) is 6.54 Å². The van der Waals surface area contributed by atoms with Crippen LogP contribution in [0.5, 0.6) is 0 Å². The van der Waals surface area contributed by atoms with Gasteiger partial charge in [-0.2, -0.15) is 5.10 Å². The van der Waals surface area contributed by atoms with Crippen molar-refractivity contribution in [3.8, 4) is 0 Å². The Kier molecular flexibility index (Phi) is 3.54. The molecule has 1 rings (SSSR count). The second kappa shape index (κ2) is 4.72. The Labute approximate surface area is 72.9 Å². The van der Waals surface area contributed by atoms with Crippen LogP contribution >= 0.6 is 0 Å². The average Bonchev–Trinajstić information content (AvgIpc) is 2.50. The number of hydrogen-bond donors (Lipinski definition) is 1. The molecule has 3 nitrogen and oxygen atoms in total. The normalized spacial score (nSPS) is 10.1.